The first-order valence-corrected chi connectivity index (χ1v) is 6.62. The molecular formula is C13H7Cl2N5. The van der Waals surface area contributed by atoms with E-state index in [9.17, 15) is 0 Å². The van der Waals surface area contributed by atoms with Crippen LogP contribution in [-0.4, -0.2) is 24.6 Å². The molecule has 4 aromatic heterocycles. The molecule has 0 unspecified atom stereocenters. The molecule has 0 aliphatic rings. The molecule has 4 aromatic rings. The van der Waals surface area contributed by atoms with Crippen LogP contribution in [0.2, 0.25) is 10.2 Å². The lowest BCUT2D eigenvalue weighted by atomic mass is 10.2. The highest BCUT2D eigenvalue weighted by molar-refractivity contribution is 6.41. The molecule has 4 rings (SSSR count). The number of nitrogens with one attached hydrogen (secondary N) is 1. The molecule has 0 saturated heterocycles. The average molecular weight is 304 g/mol. The predicted molar refractivity (Wildman–Crippen MR) is 78.1 cm³/mol. The highest BCUT2D eigenvalue weighted by atomic mass is 35.5. The molecule has 20 heavy (non-hydrogen) atoms. The van der Waals surface area contributed by atoms with Gasteiger partial charge in [-0.1, -0.05) is 29.3 Å². The zero-order valence-electron chi connectivity index (χ0n) is 10.0. The number of aromatic nitrogens is 5. The van der Waals surface area contributed by atoms with Crippen molar-refractivity contribution in [3.63, 3.8) is 0 Å². The summed E-state index contributed by atoms with van der Waals surface area (Å²) in [5, 5.41) is 4.93. The number of hydrogen-bond donors (Lipinski definition) is 1. The van der Waals surface area contributed by atoms with Crippen molar-refractivity contribution in [1.82, 2.24) is 24.6 Å². The second-order valence-electron chi connectivity index (χ2n) is 4.31. The molecule has 0 bridgehead atoms. The summed E-state index contributed by atoms with van der Waals surface area (Å²) in [5.41, 5.74) is 3.13. The molecule has 0 aromatic carbocycles. The molecule has 0 aliphatic heterocycles. The van der Waals surface area contributed by atoms with Crippen LogP contribution >= 0.6 is 23.2 Å². The van der Waals surface area contributed by atoms with Gasteiger partial charge in [0.2, 0.25) is 0 Å². The van der Waals surface area contributed by atoms with Crippen molar-refractivity contribution in [3.05, 3.63) is 46.8 Å². The zero-order chi connectivity index (χ0) is 13.7. The van der Waals surface area contributed by atoms with E-state index in [0.29, 0.717) is 16.5 Å². The van der Waals surface area contributed by atoms with E-state index >= 15 is 0 Å². The van der Waals surface area contributed by atoms with Gasteiger partial charge in [-0.25, -0.2) is 14.5 Å². The van der Waals surface area contributed by atoms with Crippen LogP contribution in [0, 0.1) is 0 Å². The van der Waals surface area contributed by atoms with Crippen molar-refractivity contribution in [2.45, 2.75) is 0 Å². The predicted octanol–water partition coefficient (Wildman–Crippen LogP) is 3.58. The van der Waals surface area contributed by atoms with Gasteiger partial charge in [-0.05, 0) is 18.2 Å². The molecule has 1 N–H and O–H groups in total. The van der Waals surface area contributed by atoms with E-state index in [1.807, 2.05) is 24.4 Å². The van der Waals surface area contributed by atoms with Gasteiger partial charge in [0.1, 0.15) is 11.0 Å². The number of fused-ring (bicyclic) bond motifs is 2. The van der Waals surface area contributed by atoms with Gasteiger partial charge in [-0.15, -0.1) is 0 Å². The van der Waals surface area contributed by atoms with Crippen LogP contribution in [0.15, 0.2) is 36.7 Å². The Balaban J connectivity index is 1.98. The monoisotopic (exact) mass is 303 g/mol. The minimum Gasteiger partial charge on any atom is -0.336 e. The van der Waals surface area contributed by atoms with Gasteiger partial charge in [0, 0.05) is 6.20 Å². The summed E-state index contributed by atoms with van der Waals surface area (Å²) in [6.07, 6.45) is 3.64. The number of rotatable bonds is 1. The molecule has 5 nitrogen and oxygen atoms in total. The van der Waals surface area contributed by atoms with Gasteiger partial charge >= 0.3 is 0 Å². The van der Waals surface area contributed by atoms with Gasteiger partial charge in [0.25, 0.3) is 0 Å². The van der Waals surface area contributed by atoms with Crippen LogP contribution in [0.25, 0.3) is 28.1 Å². The van der Waals surface area contributed by atoms with E-state index in [0.717, 1.165) is 16.6 Å². The molecule has 7 heteroatoms. The Bertz CT molecular complexity index is 901. The average Bonchev–Trinajstić information content (AvgIpc) is 3.02. The van der Waals surface area contributed by atoms with Gasteiger partial charge < -0.3 is 4.98 Å². The van der Waals surface area contributed by atoms with Crippen molar-refractivity contribution in [2.75, 3.05) is 0 Å². The van der Waals surface area contributed by atoms with E-state index < -0.39 is 0 Å². The molecule has 4 heterocycles. The lowest BCUT2D eigenvalue weighted by Gasteiger charge is -1.93. The Kier molecular flexibility index (Phi) is 2.45. The number of aromatic amines is 1. The van der Waals surface area contributed by atoms with Crippen LogP contribution in [0.5, 0.6) is 0 Å². The first kappa shape index (κ1) is 11.7. The second kappa shape index (κ2) is 4.19. The topological polar surface area (TPSA) is 58.9 Å². The number of H-pyrrole nitrogens is 1. The Labute approximate surface area is 123 Å². The molecule has 0 atom stereocenters. The summed E-state index contributed by atoms with van der Waals surface area (Å²) in [5.74, 6) is 0.687. The fourth-order valence-electron chi connectivity index (χ4n) is 2.14. The standard InChI is InChI=1S/C13H7Cl2N5/c14-8-5-9-13(18-11(8)15)19-12(17-9)7-6-16-20-4-2-1-3-10(7)20/h1-6H,(H,17,18,19). The van der Waals surface area contributed by atoms with E-state index in [-0.39, 0.29) is 5.15 Å². The highest BCUT2D eigenvalue weighted by Gasteiger charge is 2.13. The number of halogens is 2. The molecule has 0 radical (unpaired) electrons. The zero-order valence-corrected chi connectivity index (χ0v) is 11.5. The maximum atomic E-state index is 5.96. The summed E-state index contributed by atoms with van der Waals surface area (Å²) < 4.78 is 1.79. The maximum Gasteiger partial charge on any atom is 0.179 e. The fraction of sp³-hybridized carbons (Fsp3) is 0. The first-order valence-electron chi connectivity index (χ1n) is 5.87. The Hall–Kier alpha value is -2.11. The number of pyridine rings is 2. The summed E-state index contributed by atoms with van der Waals surface area (Å²) in [7, 11) is 0. The third-order valence-corrected chi connectivity index (χ3v) is 3.74. The Morgan fingerprint density at radius 2 is 2.05 bits per heavy atom. The Morgan fingerprint density at radius 1 is 1.15 bits per heavy atom. The smallest absolute Gasteiger partial charge is 0.179 e. The summed E-state index contributed by atoms with van der Waals surface area (Å²) in [4.78, 5) is 11.8. The number of imidazole rings is 1. The SMILES string of the molecule is Clc1cc2[nH]c(-c3cnn4ccccc34)nc2nc1Cl. The van der Waals surface area contributed by atoms with Crippen molar-refractivity contribution in [2.24, 2.45) is 0 Å². The van der Waals surface area contributed by atoms with Crippen LogP contribution in [0.4, 0.5) is 0 Å². The normalized spacial score (nSPS) is 11.5. The first-order chi connectivity index (χ1) is 9.72. The van der Waals surface area contributed by atoms with E-state index in [2.05, 4.69) is 20.1 Å². The van der Waals surface area contributed by atoms with Crippen molar-refractivity contribution >= 4 is 39.9 Å². The van der Waals surface area contributed by atoms with Gasteiger partial charge in [0.15, 0.2) is 5.65 Å². The quantitative estimate of drug-likeness (QED) is 0.547. The van der Waals surface area contributed by atoms with Gasteiger partial charge in [0.05, 0.1) is 27.8 Å². The number of hydrogen-bond acceptors (Lipinski definition) is 3. The van der Waals surface area contributed by atoms with Crippen molar-refractivity contribution in [1.29, 1.82) is 0 Å². The molecule has 0 fully saturated rings. The summed E-state index contributed by atoms with van der Waals surface area (Å²) >= 11 is 11.9. The number of nitrogens with zero attached hydrogens (tertiary/aromatic N) is 4. The molecule has 0 aliphatic carbocycles. The van der Waals surface area contributed by atoms with Crippen LogP contribution in [-0.2, 0) is 0 Å². The second-order valence-corrected chi connectivity index (χ2v) is 5.07. The maximum absolute atomic E-state index is 5.96. The van der Waals surface area contributed by atoms with Crippen LogP contribution in [0.3, 0.4) is 0 Å². The van der Waals surface area contributed by atoms with E-state index in [1.165, 1.54) is 0 Å². The van der Waals surface area contributed by atoms with E-state index in [1.54, 1.807) is 16.8 Å². The van der Waals surface area contributed by atoms with E-state index in [4.69, 9.17) is 23.2 Å². The minimum atomic E-state index is 0.247. The molecule has 0 saturated carbocycles. The molecular weight excluding hydrogens is 297 g/mol. The highest BCUT2D eigenvalue weighted by Crippen LogP contribution is 2.27. The van der Waals surface area contributed by atoms with Gasteiger partial charge in [-0.2, -0.15) is 5.10 Å². The van der Waals surface area contributed by atoms with Crippen molar-refractivity contribution < 1.29 is 0 Å². The van der Waals surface area contributed by atoms with Crippen molar-refractivity contribution in [3.8, 4) is 11.4 Å². The fourth-order valence-corrected chi connectivity index (χ4v) is 2.43. The third-order valence-electron chi connectivity index (χ3n) is 3.07. The van der Waals surface area contributed by atoms with Crippen LogP contribution < -0.4 is 0 Å². The minimum absolute atomic E-state index is 0.247. The summed E-state index contributed by atoms with van der Waals surface area (Å²) in [6, 6.07) is 7.57. The molecule has 98 valence electrons. The molecule has 0 amide bonds. The largest absolute Gasteiger partial charge is 0.336 e. The lowest BCUT2D eigenvalue weighted by molar-refractivity contribution is 0.961. The lowest BCUT2D eigenvalue weighted by Crippen LogP contribution is -1.84. The summed E-state index contributed by atoms with van der Waals surface area (Å²) in [6.45, 7) is 0. The third kappa shape index (κ3) is 1.67. The van der Waals surface area contributed by atoms with Gasteiger partial charge in [-0.3, -0.25) is 0 Å². The van der Waals surface area contributed by atoms with Crippen LogP contribution in [0.1, 0.15) is 0 Å². The molecule has 0 spiro atoms. The Morgan fingerprint density at radius 3 is 2.95 bits per heavy atom.